The lowest BCUT2D eigenvalue weighted by Crippen LogP contribution is -2.34. The molecule has 16 heavy (non-hydrogen) atoms. The van der Waals surface area contributed by atoms with E-state index in [0.29, 0.717) is 18.1 Å². The smallest absolute Gasteiger partial charge is 0.155 e. The third kappa shape index (κ3) is 3.45. The highest BCUT2D eigenvalue weighted by atomic mass is 32.2. The highest BCUT2D eigenvalue weighted by Crippen LogP contribution is 2.25. The van der Waals surface area contributed by atoms with Crippen LogP contribution in [0.3, 0.4) is 0 Å². The minimum absolute atomic E-state index is 0.332. The van der Waals surface area contributed by atoms with Gasteiger partial charge in [-0.05, 0) is 45.4 Å². The zero-order valence-corrected chi connectivity index (χ0v) is 11.5. The van der Waals surface area contributed by atoms with E-state index >= 15 is 0 Å². The van der Waals surface area contributed by atoms with Gasteiger partial charge in [-0.15, -0.1) is 0 Å². The molecule has 0 bridgehead atoms. The number of hydrogen-bond acceptors (Lipinski definition) is 3. The molecule has 1 aliphatic rings. The molecule has 0 aromatic carbocycles. The van der Waals surface area contributed by atoms with Crippen molar-refractivity contribution >= 4 is 9.84 Å². The lowest BCUT2D eigenvalue weighted by Gasteiger charge is -2.26. The Morgan fingerprint density at radius 1 is 1.25 bits per heavy atom. The molecule has 1 aliphatic heterocycles. The molecule has 0 saturated carbocycles. The molecule has 1 fully saturated rings. The monoisotopic (exact) mass is 248 g/mol. The summed E-state index contributed by atoms with van der Waals surface area (Å²) in [7, 11) is -2.95. The molecule has 3 nitrogen and oxygen atoms in total. The minimum atomic E-state index is -2.95. The van der Waals surface area contributed by atoms with Crippen LogP contribution in [0.2, 0.25) is 0 Å². The summed E-state index contributed by atoms with van der Waals surface area (Å²) in [5.41, 5.74) is 0. The van der Waals surface area contributed by atoms with Crippen LogP contribution in [0.15, 0.2) is 0 Å². The Hall–Kier alpha value is -0.0900. The Morgan fingerprint density at radius 2 is 1.81 bits per heavy atom. The first-order valence-electron chi connectivity index (χ1n) is 6.19. The maximum Gasteiger partial charge on any atom is 0.155 e. The fourth-order valence-electron chi connectivity index (χ4n) is 1.85. The summed E-state index contributed by atoms with van der Waals surface area (Å²) in [5, 5.41) is 0. The van der Waals surface area contributed by atoms with E-state index in [0.717, 1.165) is 32.5 Å². The molecule has 1 heterocycles. The van der Waals surface area contributed by atoms with Gasteiger partial charge >= 0.3 is 0 Å². The third-order valence-corrected chi connectivity index (χ3v) is 6.57. The van der Waals surface area contributed by atoms with E-state index in [2.05, 4.69) is 0 Å². The maximum atomic E-state index is 12.1. The lowest BCUT2D eigenvalue weighted by molar-refractivity contribution is 0.0655. The Balaban J connectivity index is 2.47. The van der Waals surface area contributed by atoms with Crippen LogP contribution in [-0.2, 0) is 14.6 Å². The van der Waals surface area contributed by atoms with E-state index in [4.69, 9.17) is 4.74 Å². The van der Waals surface area contributed by atoms with Crippen LogP contribution in [0.4, 0.5) is 0 Å². The Bertz CT molecular complexity index is 300. The van der Waals surface area contributed by atoms with Gasteiger partial charge in [-0.1, -0.05) is 6.92 Å². The van der Waals surface area contributed by atoms with Crippen LogP contribution in [0.1, 0.15) is 46.5 Å². The molecule has 0 aliphatic carbocycles. The van der Waals surface area contributed by atoms with Crippen molar-refractivity contribution in [1.29, 1.82) is 0 Å². The Labute approximate surface area is 99.5 Å². The lowest BCUT2D eigenvalue weighted by atomic mass is 9.98. The second-order valence-electron chi connectivity index (χ2n) is 5.28. The number of rotatable bonds is 5. The fourth-order valence-corrected chi connectivity index (χ4v) is 3.49. The van der Waals surface area contributed by atoms with E-state index < -0.39 is 14.6 Å². The average molecular weight is 248 g/mol. The molecule has 0 unspecified atom stereocenters. The van der Waals surface area contributed by atoms with Gasteiger partial charge in [0, 0.05) is 13.2 Å². The molecule has 4 heteroatoms. The van der Waals surface area contributed by atoms with Crippen LogP contribution >= 0.6 is 0 Å². The third-order valence-electron chi connectivity index (χ3n) is 3.83. The van der Waals surface area contributed by atoms with Crippen LogP contribution in [-0.4, -0.2) is 32.1 Å². The van der Waals surface area contributed by atoms with Crippen LogP contribution in [0, 0.1) is 5.92 Å². The Kier molecular flexibility index (Phi) is 4.80. The van der Waals surface area contributed by atoms with Gasteiger partial charge in [0.1, 0.15) is 0 Å². The largest absolute Gasteiger partial charge is 0.381 e. The zero-order valence-electron chi connectivity index (χ0n) is 10.7. The van der Waals surface area contributed by atoms with Gasteiger partial charge in [0.25, 0.3) is 0 Å². The average Bonchev–Trinajstić information content (AvgIpc) is 2.27. The molecule has 0 atom stereocenters. The van der Waals surface area contributed by atoms with Gasteiger partial charge in [0.2, 0.25) is 0 Å². The van der Waals surface area contributed by atoms with E-state index in [1.54, 1.807) is 0 Å². The molecule has 0 aromatic heterocycles. The van der Waals surface area contributed by atoms with Gasteiger partial charge in [0.05, 0.1) is 10.5 Å². The summed E-state index contributed by atoms with van der Waals surface area (Å²) in [5.74, 6) is 0.870. The second-order valence-corrected chi connectivity index (χ2v) is 8.02. The highest BCUT2D eigenvalue weighted by molar-refractivity contribution is 7.92. The van der Waals surface area contributed by atoms with Crippen LogP contribution < -0.4 is 0 Å². The second kappa shape index (κ2) is 5.50. The standard InChI is InChI=1S/C12H24O3S/c1-4-12(2,3)16(13,14)10-7-11-5-8-15-9-6-11/h11H,4-10H2,1-3H3. The van der Waals surface area contributed by atoms with Gasteiger partial charge in [-0.25, -0.2) is 8.42 Å². The highest BCUT2D eigenvalue weighted by Gasteiger charge is 2.32. The summed E-state index contributed by atoms with van der Waals surface area (Å²) in [6, 6.07) is 0. The van der Waals surface area contributed by atoms with Crippen molar-refractivity contribution in [3.05, 3.63) is 0 Å². The number of sulfone groups is 1. The van der Waals surface area contributed by atoms with E-state index in [-0.39, 0.29) is 0 Å². The predicted octanol–water partition coefficient (Wildman–Crippen LogP) is 2.41. The SMILES string of the molecule is CCC(C)(C)S(=O)(=O)CCC1CCOCC1. The molecule has 0 aromatic rings. The summed E-state index contributed by atoms with van der Waals surface area (Å²) in [6.45, 7) is 7.17. The van der Waals surface area contributed by atoms with E-state index in [1.165, 1.54) is 0 Å². The molecular weight excluding hydrogens is 224 g/mol. The molecule has 1 rings (SSSR count). The summed E-state index contributed by atoms with van der Waals surface area (Å²) >= 11 is 0. The zero-order chi connectivity index (χ0) is 12.2. The van der Waals surface area contributed by atoms with E-state index in [1.807, 2.05) is 20.8 Å². The molecular formula is C12H24O3S. The number of hydrogen-bond donors (Lipinski definition) is 0. The normalized spacial score (nSPS) is 19.9. The first-order valence-corrected chi connectivity index (χ1v) is 7.84. The molecule has 0 radical (unpaired) electrons. The van der Waals surface area contributed by atoms with Crippen molar-refractivity contribution in [1.82, 2.24) is 0 Å². The van der Waals surface area contributed by atoms with Crippen LogP contribution in [0.25, 0.3) is 0 Å². The molecule has 0 spiro atoms. The topological polar surface area (TPSA) is 43.4 Å². The maximum absolute atomic E-state index is 12.1. The van der Waals surface area contributed by atoms with Gasteiger partial charge < -0.3 is 4.74 Å². The molecule has 96 valence electrons. The van der Waals surface area contributed by atoms with Gasteiger partial charge in [-0.3, -0.25) is 0 Å². The summed E-state index contributed by atoms with van der Waals surface area (Å²) in [6.07, 6.45) is 3.52. The van der Waals surface area contributed by atoms with Crippen molar-refractivity contribution in [2.75, 3.05) is 19.0 Å². The first kappa shape index (κ1) is 14.0. The van der Waals surface area contributed by atoms with Crippen molar-refractivity contribution in [3.8, 4) is 0 Å². The van der Waals surface area contributed by atoms with Crippen molar-refractivity contribution < 1.29 is 13.2 Å². The van der Waals surface area contributed by atoms with Gasteiger partial charge in [-0.2, -0.15) is 0 Å². The predicted molar refractivity (Wildman–Crippen MR) is 66.3 cm³/mol. The molecule has 0 amide bonds. The first-order chi connectivity index (χ1) is 7.39. The Morgan fingerprint density at radius 3 is 2.31 bits per heavy atom. The number of ether oxygens (including phenoxy) is 1. The van der Waals surface area contributed by atoms with Crippen molar-refractivity contribution in [2.24, 2.45) is 5.92 Å². The summed E-state index contributed by atoms with van der Waals surface area (Å²) < 4.78 is 28.9. The van der Waals surface area contributed by atoms with Crippen molar-refractivity contribution in [3.63, 3.8) is 0 Å². The molecule has 0 N–H and O–H groups in total. The minimum Gasteiger partial charge on any atom is -0.381 e. The fraction of sp³-hybridized carbons (Fsp3) is 1.00. The summed E-state index contributed by atoms with van der Waals surface area (Å²) in [4.78, 5) is 0. The van der Waals surface area contributed by atoms with E-state index in [9.17, 15) is 8.42 Å². The van der Waals surface area contributed by atoms with Crippen molar-refractivity contribution in [2.45, 2.75) is 51.2 Å². The molecule has 1 saturated heterocycles. The quantitative estimate of drug-likeness (QED) is 0.750. The van der Waals surface area contributed by atoms with Crippen LogP contribution in [0.5, 0.6) is 0 Å². The van der Waals surface area contributed by atoms with Gasteiger partial charge in [0.15, 0.2) is 9.84 Å².